The van der Waals surface area contributed by atoms with Crippen LogP contribution in [0.5, 0.6) is 0 Å². The first-order valence-electron chi connectivity index (χ1n) is 3.06. The molecule has 0 spiro atoms. The average Bonchev–Trinajstić information content (AvgIpc) is 1.62. The van der Waals surface area contributed by atoms with Crippen molar-refractivity contribution >= 4 is 16.2 Å². The summed E-state index contributed by atoms with van der Waals surface area (Å²) in [4.78, 5) is 10.3. The molecule has 0 fully saturated rings. The van der Waals surface area contributed by atoms with Crippen LogP contribution in [0.2, 0.25) is 5.54 Å². The van der Waals surface area contributed by atoms with Crippen molar-refractivity contribution in [1.82, 2.24) is 0 Å². The van der Waals surface area contributed by atoms with Crippen LogP contribution >= 0.6 is 0 Å². The second-order valence-corrected chi connectivity index (χ2v) is 4.56. The Hall–Kier alpha value is 0.687. The maximum absolute atomic E-state index is 10.3. The van der Waals surface area contributed by atoms with Gasteiger partial charge < -0.3 is 9.90 Å². The zero-order valence-corrected chi connectivity index (χ0v) is 11.4. The van der Waals surface area contributed by atoms with Crippen LogP contribution < -0.4 is 34.7 Å². The fourth-order valence-electron chi connectivity index (χ4n) is 0.354. The smallest absolute Gasteiger partial charge is 0.550 e. The Morgan fingerprint density at radius 1 is 1.50 bits per heavy atom. The molecule has 2 nitrogen and oxygen atoms in total. The number of rotatable bonds is 1. The van der Waals surface area contributed by atoms with Gasteiger partial charge in [-0.3, -0.25) is 0 Å². The second kappa shape index (κ2) is 4.54. The molecule has 0 radical (unpaired) electrons. The van der Waals surface area contributed by atoms with E-state index in [1.807, 2.05) is 20.8 Å². The van der Waals surface area contributed by atoms with Crippen LogP contribution in [0.25, 0.3) is 0 Å². The van der Waals surface area contributed by atoms with Crippen LogP contribution in [0, 0.1) is 5.41 Å². The van der Waals surface area contributed by atoms with Crippen molar-refractivity contribution in [2.75, 3.05) is 0 Å². The summed E-state index contributed by atoms with van der Waals surface area (Å²) in [6, 6.07) is 0. The van der Waals surface area contributed by atoms with E-state index in [1.54, 1.807) is 0 Å². The second-order valence-electron chi connectivity index (χ2n) is 3.41. The SMILES string of the molecule is CC(C)(C)C([SiH3])C(=O)[O-].[Na+]. The number of carboxylic acid groups (broad SMARTS) is 1. The zero-order chi connectivity index (χ0) is 7.65. The van der Waals surface area contributed by atoms with Crippen molar-refractivity contribution in [3.63, 3.8) is 0 Å². The molecule has 0 rings (SSSR count). The van der Waals surface area contributed by atoms with Gasteiger partial charge in [0.2, 0.25) is 0 Å². The van der Waals surface area contributed by atoms with Crippen LogP contribution in [0.4, 0.5) is 0 Å². The summed E-state index contributed by atoms with van der Waals surface area (Å²) in [6.45, 7) is 5.75. The summed E-state index contributed by atoms with van der Waals surface area (Å²) in [6.07, 6.45) is 0. The number of carboxylic acids is 1. The van der Waals surface area contributed by atoms with Crippen molar-refractivity contribution in [3.8, 4) is 0 Å². The molecule has 1 unspecified atom stereocenters. The first-order valence-corrected chi connectivity index (χ1v) is 4.22. The summed E-state index contributed by atoms with van der Waals surface area (Å²) in [7, 11) is 0.671. The topological polar surface area (TPSA) is 40.1 Å². The molecule has 0 heterocycles. The average molecular weight is 168 g/mol. The van der Waals surface area contributed by atoms with Gasteiger partial charge in [0.05, 0.1) is 0 Å². The van der Waals surface area contributed by atoms with Gasteiger partial charge in [0.1, 0.15) is 0 Å². The standard InChI is InChI=1S/C6H14O2Si.Na/c1-6(2,3)4(9)5(7)8;/h4H,1-3,9H3,(H,7,8);/q;+1/p-1. The van der Waals surface area contributed by atoms with Crippen LogP contribution in [0.3, 0.4) is 0 Å². The van der Waals surface area contributed by atoms with E-state index >= 15 is 0 Å². The van der Waals surface area contributed by atoms with E-state index in [-0.39, 0.29) is 40.5 Å². The van der Waals surface area contributed by atoms with Gasteiger partial charge in [0.15, 0.2) is 0 Å². The molecule has 0 aliphatic heterocycles. The van der Waals surface area contributed by atoms with Gasteiger partial charge >= 0.3 is 29.6 Å². The third-order valence-corrected chi connectivity index (χ3v) is 3.86. The summed E-state index contributed by atoms with van der Waals surface area (Å²) in [5.41, 5.74) is -0.358. The minimum Gasteiger partial charge on any atom is -0.550 e. The number of hydrogen-bond donors (Lipinski definition) is 0. The summed E-state index contributed by atoms with van der Waals surface area (Å²) in [5, 5.41) is 10.3. The number of carbonyl (C=O) groups excluding carboxylic acids is 1. The van der Waals surface area contributed by atoms with Crippen molar-refractivity contribution in [1.29, 1.82) is 0 Å². The van der Waals surface area contributed by atoms with Gasteiger partial charge in [-0.25, -0.2) is 0 Å². The maximum Gasteiger partial charge on any atom is 1.00 e. The zero-order valence-electron chi connectivity index (χ0n) is 7.39. The van der Waals surface area contributed by atoms with E-state index in [1.165, 1.54) is 0 Å². The van der Waals surface area contributed by atoms with Crippen LogP contribution in [-0.4, -0.2) is 16.2 Å². The number of hydrogen-bond acceptors (Lipinski definition) is 2. The molecule has 54 valence electrons. The van der Waals surface area contributed by atoms with E-state index < -0.39 is 5.97 Å². The maximum atomic E-state index is 10.3. The first kappa shape index (κ1) is 13.3. The van der Waals surface area contributed by atoms with Crippen molar-refractivity contribution in [2.24, 2.45) is 5.41 Å². The van der Waals surface area contributed by atoms with Crippen LogP contribution in [-0.2, 0) is 4.79 Å². The molecule has 0 aliphatic carbocycles. The number of aliphatic carboxylic acids is 1. The molecule has 10 heavy (non-hydrogen) atoms. The molecule has 0 saturated heterocycles. The van der Waals surface area contributed by atoms with E-state index in [9.17, 15) is 9.90 Å². The van der Waals surface area contributed by atoms with Crippen LogP contribution in [0.1, 0.15) is 20.8 Å². The largest absolute Gasteiger partial charge is 1.00 e. The van der Waals surface area contributed by atoms with E-state index in [0.29, 0.717) is 10.2 Å². The third-order valence-electron chi connectivity index (χ3n) is 1.65. The van der Waals surface area contributed by atoms with Gasteiger partial charge in [-0.05, 0) is 11.0 Å². The molecule has 0 N–H and O–H groups in total. The fourth-order valence-corrected chi connectivity index (χ4v) is 0.354. The quantitative estimate of drug-likeness (QED) is 0.374. The van der Waals surface area contributed by atoms with E-state index in [0.717, 1.165) is 0 Å². The molecule has 1 atom stereocenters. The summed E-state index contributed by atoms with van der Waals surface area (Å²) < 4.78 is 0. The van der Waals surface area contributed by atoms with Crippen LogP contribution in [0.15, 0.2) is 0 Å². The Labute approximate surface area is 87.1 Å². The molecule has 4 heteroatoms. The van der Waals surface area contributed by atoms with Gasteiger partial charge in [-0.2, -0.15) is 0 Å². The molecule has 0 aromatic heterocycles. The Morgan fingerprint density at radius 2 is 1.80 bits per heavy atom. The first-order chi connectivity index (χ1) is 3.85. The van der Waals surface area contributed by atoms with Crippen molar-refractivity contribution in [2.45, 2.75) is 26.3 Å². The monoisotopic (exact) mass is 168 g/mol. The molecule has 0 bridgehead atoms. The predicted octanol–water partition coefficient (Wildman–Crippen LogP) is -4.06. The minimum absolute atomic E-state index is 0. The van der Waals surface area contributed by atoms with E-state index in [4.69, 9.17) is 0 Å². The molecule has 0 aromatic rings. The molecule has 0 amide bonds. The van der Waals surface area contributed by atoms with Crippen molar-refractivity contribution in [3.05, 3.63) is 0 Å². The fraction of sp³-hybridized carbons (Fsp3) is 0.833. The molecular weight excluding hydrogens is 155 g/mol. The Bertz CT molecular complexity index is 119. The predicted molar refractivity (Wildman–Crippen MR) is 38.2 cm³/mol. The molecular formula is C6H13NaO2Si. The van der Waals surface area contributed by atoms with Gasteiger partial charge in [0.25, 0.3) is 0 Å². The van der Waals surface area contributed by atoms with E-state index in [2.05, 4.69) is 0 Å². The number of carbonyl (C=O) groups is 1. The summed E-state index contributed by atoms with van der Waals surface area (Å²) >= 11 is 0. The van der Waals surface area contributed by atoms with Gasteiger partial charge in [0, 0.05) is 16.2 Å². The Kier molecular flexibility index (Phi) is 6.04. The molecule has 0 aliphatic rings. The van der Waals surface area contributed by atoms with Gasteiger partial charge in [-0.15, -0.1) is 0 Å². The summed E-state index contributed by atoms with van der Waals surface area (Å²) in [5.74, 6) is -0.908. The normalized spacial score (nSPS) is 13.9. The molecule has 0 saturated carbocycles. The third kappa shape index (κ3) is 4.49. The Morgan fingerprint density at radius 3 is 1.80 bits per heavy atom. The molecule has 0 aromatic carbocycles. The minimum atomic E-state index is -0.908. The van der Waals surface area contributed by atoms with Crippen molar-refractivity contribution < 1.29 is 39.5 Å². The Balaban J connectivity index is 0. The van der Waals surface area contributed by atoms with Gasteiger partial charge in [-0.1, -0.05) is 20.8 Å².